The first-order valence-electron chi connectivity index (χ1n) is 4.88. The van der Waals surface area contributed by atoms with Crippen molar-refractivity contribution >= 4 is 34.9 Å². The molecule has 5 heteroatoms. The Morgan fingerprint density at radius 2 is 2.06 bits per heavy atom. The summed E-state index contributed by atoms with van der Waals surface area (Å²) in [5.74, 6) is -0.346. The number of carbonyl (C=O) groups is 2. The molecule has 0 saturated carbocycles. The number of hydrogen-bond acceptors (Lipinski definition) is 5. The molecule has 0 aliphatic rings. The van der Waals surface area contributed by atoms with Crippen LogP contribution in [0.25, 0.3) is 0 Å². The Kier molecular flexibility index (Phi) is 4.56. The SMILES string of the molecule is CCOC(=O)c1c(SC)sc(C(C)=O)c1C. The highest BCUT2D eigenvalue weighted by atomic mass is 32.2. The third kappa shape index (κ3) is 2.47. The number of carbonyl (C=O) groups excluding carboxylic acids is 2. The molecule has 0 aliphatic carbocycles. The number of hydrogen-bond donors (Lipinski definition) is 0. The molecule has 16 heavy (non-hydrogen) atoms. The second-order valence-electron chi connectivity index (χ2n) is 3.20. The molecule has 0 spiro atoms. The maximum atomic E-state index is 11.7. The fraction of sp³-hybridized carbons (Fsp3) is 0.455. The fourth-order valence-corrected chi connectivity index (χ4v) is 3.35. The van der Waals surface area contributed by atoms with Gasteiger partial charge >= 0.3 is 5.97 Å². The number of thioether (sulfide) groups is 1. The molecule has 88 valence electrons. The highest BCUT2D eigenvalue weighted by Crippen LogP contribution is 2.35. The second-order valence-corrected chi connectivity index (χ2v) is 5.29. The lowest BCUT2D eigenvalue weighted by Gasteiger charge is -2.02. The minimum atomic E-state index is -0.340. The topological polar surface area (TPSA) is 43.4 Å². The van der Waals surface area contributed by atoms with Crippen LogP contribution in [-0.2, 0) is 4.74 Å². The smallest absolute Gasteiger partial charge is 0.340 e. The zero-order valence-electron chi connectivity index (χ0n) is 9.75. The van der Waals surface area contributed by atoms with Crippen molar-refractivity contribution < 1.29 is 14.3 Å². The second kappa shape index (κ2) is 5.50. The normalized spacial score (nSPS) is 10.2. The molecule has 1 rings (SSSR count). The van der Waals surface area contributed by atoms with Gasteiger partial charge in [-0.1, -0.05) is 0 Å². The number of thiophene rings is 1. The third-order valence-electron chi connectivity index (χ3n) is 2.10. The number of rotatable bonds is 4. The minimum absolute atomic E-state index is 0.00616. The fourth-order valence-electron chi connectivity index (χ4n) is 1.41. The maximum Gasteiger partial charge on any atom is 0.340 e. The van der Waals surface area contributed by atoms with Crippen LogP contribution in [0.2, 0.25) is 0 Å². The van der Waals surface area contributed by atoms with E-state index in [9.17, 15) is 9.59 Å². The summed E-state index contributed by atoms with van der Waals surface area (Å²) in [4.78, 5) is 23.8. The lowest BCUT2D eigenvalue weighted by Crippen LogP contribution is -2.06. The Hall–Kier alpha value is -0.810. The van der Waals surface area contributed by atoms with Crippen LogP contribution in [0.1, 0.15) is 39.4 Å². The molecular formula is C11H14O3S2. The molecule has 1 aromatic heterocycles. The van der Waals surface area contributed by atoms with Crippen molar-refractivity contribution in [3.63, 3.8) is 0 Å². The van der Waals surface area contributed by atoms with E-state index in [-0.39, 0.29) is 11.8 Å². The summed E-state index contributed by atoms with van der Waals surface area (Å²) in [7, 11) is 0. The Balaban J connectivity index is 3.25. The first-order chi connectivity index (χ1) is 7.52. The van der Waals surface area contributed by atoms with E-state index in [4.69, 9.17) is 4.74 Å². The average Bonchev–Trinajstić information content (AvgIpc) is 2.55. The first-order valence-corrected chi connectivity index (χ1v) is 6.92. The monoisotopic (exact) mass is 258 g/mol. The Bertz CT molecular complexity index is 421. The quantitative estimate of drug-likeness (QED) is 0.473. The van der Waals surface area contributed by atoms with Crippen LogP contribution < -0.4 is 0 Å². The first kappa shape index (κ1) is 13.3. The molecular weight excluding hydrogens is 244 g/mol. The number of ether oxygens (including phenoxy) is 1. The van der Waals surface area contributed by atoms with E-state index in [1.54, 1.807) is 13.8 Å². The maximum absolute atomic E-state index is 11.7. The predicted molar refractivity (Wildman–Crippen MR) is 66.8 cm³/mol. The van der Waals surface area contributed by atoms with Gasteiger partial charge in [0, 0.05) is 0 Å². The summed E-state index contributed by atoms with van der Waals surface area (Å²) in [5.41, 5.74) is 1.28. The molecule has 0 fully saturated rings. The number of ketones is 1. The molecule has 0 unspecified atom stereocenters. The molecule has 0 saturated heterocycles. The Morgan fingerprint density at radius 1 is 1.44 bits per heavy atom. The van der Waals surface area contributed by atoms with Gasteiger partial charge in [0.2, 0.25) is 0 Å². The molecule has 0 aliphatic heterocycles. The lowest BCUT2D eigenvalue weighted by molar-refractivity contribution is 0.0522. The average molecular weight is 258 g/mol. The van der Waals surface area contributed by atoms with E-state index in [0.717, 1.165) is 9.77 Å². The summed E-state index contributed by atoms with van der Waals surface area (Å²) in [6.45, 7) is 5.42. The summed E-state index contributed by atoms with van der Waals surface area (Å²) >= 11 is 2.83. The van der Waals surface area contributed by atoms with Crippen molar-refractivity contribution in [1.82, 2.24) is 0 Å². The van der Waals surface area contributed by atoms with E-state index in [1.165, 1.54) is 30.0 Å². The predicted octanol–water partition coefficient (Wildman–Crippen LogP) is 3.16. The highest BCUT2D eigenvalue weighted by Gasteiger charge is 2.23. The van der Waals surface area contributed by atoms with Crippen LogP contribution in [0.15, 0.2) is 4.21 Å². The van der Waals surface area contributed by atoms with Crippen molar-refractivity contribution in [2.75, 3.05) is 12.9 Å². The molecule has 0 aromatic carbocycles. The summed E-state index contributed by atoms with van der Waals surface area (Å²) in [5, 5.41) is 0. The van der Waals surface area contributed by atoms with Gasteiger partial charge < -0.3 is 4.74 Å². The molecule has 3 nitrogen and oxygen atoms in total. The van der Waals surface area contributed by atoms with Crippen molar-refractivity contribution in [3.05, 3.63) is 16.0 Å². The van der Waals surface area contributed by atoms with Crippen LogP contribution in [0.5, 0.6) is 0 Å². The van der Waals surface area contributed by atoms with E-state index >= 15 is 0 Å². The van der Waals surface area contributed by atoms with Crippen molar-refractivity contribution in [2.24, 2.45) is 0 Å². The van der Waals surface area contributed by atoms with Gasteiger partial charge in [-0.25, -0.2) is 4.79 Å². The standard InChI is InChI=1S/C11H14O3S2/c1-5-14-10(13)8-6(2)9(7(3)12)16-11(8)15-4/h5H2,1-4H3. The van der Waals surface area contributed by atoms with Crippen LogP contribution in [0.4, 0.5) is 0 Å². The van der Waals surface area contributed by atoms with E-state index in [1.807, 2.05) is 6.26 Å². The van der Waals surface area contributed by atoms with Gasteiger partial charge in [-0.2, -0.15) is 0 Å². The minimum Gasteiger partial charge on any atom is -0.462 e. The molecule has 0 atom stereocenters. The largest absolute Gasteiger partial charge is 0.462 e. The van der Waals surface area contributed by atoms with Crippen LogP contribution in [0.3, 0.4) is 0 Å². The van der Waals surface area contributed by atoms with Gasteiger partial charge in [-0.3, -0.25) is 4.79 Å². The summed E-state index contributed by atoms with van der Waals surface area (Å²) in [6.07, 6.45) is 1.89. The van der Waals surface area contributed by atoms with Crippen molar-refractivity contribution in [2.45, 2.75) is 25.0 Å². The molecule has 0 amide bonds. The van der Waals surface area contributed by atoms with Crippen LogP contribution >= 0.6 is 23.1 Å². The number of esters is 1. The summed E-state index contributed by atoms with van der Waals surface area (Å²) < 4.78 is 5.84. The van der Waals surface area contributed by atoms with Gasteiger partial charge in [0.1, 0.15) is 0 Å². The van der Waals surface area contributed by atoms with E-state index in [0.29, 0.717) is 17.0 Å². The Morgan fingerprint density at radius 3 is 2.50 bits per heavy atom. The third-order valence-corrected chi connectivity index (χ3v) is 4.61. The molecule has 0 N–H and O–H groups in total. The van der Waals surface area contributed by atoms with E-state index < -0.39 is 0 Å². The van der Waals surface area contributed by atoms with E-state index in [2.05, 4.69) is 0 Å². The zero-order valence-corrected chi connectivity index (χ0v) is 11.4. The van der Waals surface area contributed by atoms with Gasteiger partial charge in [0.25, 0.3) is 0 Å². The van der Waals surface area contributed by atoms with Crippen molar-refractivity contribution in [1.29, 1.82) is 0 Å². The number of Topliss-reactive ketones (excluding diaryl/α,β-unsaturated/α-hetero) is 1. The van der Waals surface area contributed by atoms with Crippen LogP contribution in [-0.4, -0.2) is 24.6 Å². The van der Waals surface area contributed by atoms with Gasteiger partial charge in [-0.15, -0.1) is 23.1 Å². The van der Waals surface area contributed by atoms with Gasteiger partial charge in [0.05, 0.1) is 21.3 Å². The molecule has 0 bridgehead atoms. The highest BCUT2D eigenvalue weighted by molar-refractivity contribution is 8.00. The lowest BCUT2D eigenvalue weighted by atomic mass is 10.1. The molecule has 1 aromatic rings. The molecule has 0 radical (unpaired) electrons. The van der Waals surface area contributed by atoms with Gasteiger partial charge in [-0.05, 0) is 32.6 Å². The Labute approximate surface area is 103 Å². The summed E-state index contributed by atoms with van der Waals surface area (Å²) in [6, 6.07) is 0. The van der Waals surface area contributed by atoms with Crippen molar-refractivity contribution in [3.8, 4) is 0 Å². The van der Waals surface area contributed by atoms with Gasteiger partial charge in [0.15, 0.2) is 5.78 Å². The molecule has 1 heterocycles. The van der Waals surface area contributed by atoms with Crippen LogP contribution in [0, 0.1) is 6.92 Å². The zero-order chi connectivity index (χ0) is 12.3.